The normalized spacial score (nSPS) is 17.8. The Morgan fingerprint density at radius 2 is 2.33 bits per heavy atom. The van der Waals surface area contributed by atoms with Gasteiger partial charge >= 0.3 is 0 Å². The standard InChI is InChI=1S/C12H20N4OS/c1-16-4-2-9(3-5-16)7-14-11(17)6-10-8-18-12(13)15-10/h8-9H,2-7H2,1H3,(H2,13,15)(H,14,17). The Labute approximate surface area is 111 Å². The molecule has 1 aliphatic rings. The molecule has 0 saturated carbocycles. The summed E-state index contributed by atoms with van der Waals surface area (Å²) >= 11 is 1.37. The smallest absolute Gasteiger partial charge is 0.226 e. The number of carbonyl (C=O) groups is 1. The molecule has 18 heavy (non-hydrogen) atoms. The molecule has 1 amide bonds. The van der Waals surface area contributed by atoms with Gasteiger partial charge in [0.15, 0.2) is 5.13 Å². The number of nitrogens with two attached hydrogens (primary N) is 1. The van der Waals surface area contributed by atoms with Crippen molar-refractivity contribution in [2.24, 2.45) is 5.92 Å². The second-order valence-corrected chi connectivity index (χ2v) is 5.79. The van der Waals surface area contributed by atoms with E-state index in [1.54, 1.807) is 0 Å². The van der Waals surface area contributed by atoms with Crippen LogP contribution in [0.5, 0.6) is 0 Å². The second-order valence-electron chi connectivity index (χ2n) is 4.90. The number of rotatable bonds is 4. The van der Waals surface area contributed by atoms with Gasteiger partial charge in [-0.05, 0) is 38.9 Å². The lowest BCUT2D eigenvalue weighted by atomic mass is 9.97. The maximum Gasteiger partial charge on any atom is 0.226 e. The van der Waals surface area contributed by atoms with Crippen LogP contribution in [0.3, 0.4) is 0 Å². The summed E-state index contributed by atoms with van der Waals surface area (Å²) in [5.74, 6) is 0.657. The molecule has 100 valence electrons. The van der Waals surface area contributed by atoms with Crippen LogP contribution < -0.4 is 11.1 Å². The van der Waals surface area contributed by atoms with E-state index in [1.165, 1.54) is 24.2 Å². The molecule has 2 heterocycles. The highest BCUT2D eigenvalue weighted by Crippen LogP contribution is 2.15. The summed E-state index contributed by atoms with van der Waals surface area (Å²) in [6, 6.07) is 0. The van der Waals surface area contributed by atoms with Crippen molar-refractivity contribution in [3.8, 4) is 0 Å². The minimum absolute atomic E-state index is 0.0410. The third-order valence-electron chi connectivity index (χ3n) is 3.34. The Hall–Kier alpha value is -1.14. The fourth-order valence-corrected chi connectivity index (χ4v) is 2.72. The molecule has 1 aromatic heterocycles. The van der Waals surface area contributed by atoms with Gasteiger partial charge in [0, 0.05) is 11.9 Å². The predicted molar refractivity (Wildman–Crippen MR) is 73.5 cm³/mol. The van der Waals surface area contributed by atoms with Crippen molar-refractivity contribution in [3.63, 3.8) is 0 Å². The molecule has 2 rings (SSSR count). The molecule has 1 saturated heterocycles. The number of nitrogen functional groups attached to an aromatic ring is 1. The van der Waals surface area contributed by atoms with E-state index in [0.29, 0.717) is 17.5 Å². The van der Waals surface area contributed by atoms with Crippen molar-refractivity contribution >= 4 is 22.4 Å². The number of piperidine rings is 1. The fourth-order valence-electron chi connectivity index (χ4n) is 2.16. The SMILES string of the molecule is CN1CCC(CNC(=O)Cc2csc(N)n2)CC1. The van der Waals surface area contributed by atoms with Gasteiger partial charge in [0.25, 0.3) is 0 Å². The lowest BCUT2D eigenvalue weighted by Crippen LogP contribution is -2.37. The molecule has 1 aliphatic heterocycles. The highest BCUT2D eigenvalue weighted by atomic mass is 32.1. The number of nitrogens with one attached hydrogen (secondary N) is 1. The van der Waals surface area contributed by atoms with Gasteiger partial charge in [-0.1, -0.05) is 0 Å². The molecule has 6 heteroatoms. The number of hydrogen-bond donors (Lipinski definition) is 2. The molecule has 0 aliphatic carbocycles. The van der Waals surface area contributed by atoms with Crippen LogP contribution in [0.4, 0.5) is 5.13 Å². The van der Waals surface area contributed by atoms with Crippen LogP contribution in [0.15, 0.2) is 5.38 Å². The Balaban J connectivity index is 1.68. The number of amides is 1. The molecule has 0 unspecified atom stereocenters. The van der Waals surface area contributed by atoms with E-state index in [9.17, 15) is 4.79 Å². The highest BCUT2D eigenvalue weighted by molar-refractivity contribution is 7.13. The van der Waals surface area contributed by atoms with Gasteiger partial charge in [0.05, 0.1) is 12.1 Å². The van der Waals surface area contributed by atoms with Crippen molar-refractivity contribution in [1.29, 1.82) is 0 Å². The summed E-state index contributed by atoms with van der Waals surface area (Å²) < 4.78 is 0. The van der Waals surface area contributed by atoms with Gasteiger partial charge in [0.1, 0.15) is 0 Å². The zero-order valence-corrected chi connectivity index (χ0v) is 11.5. The van der Waals surface area contributed by atoms with Crippen LogP contribution in [0.1, 0.15) is 18.5 Å². The Bertz CT molecular complexity index is 399. The fraction of sp³-hybridized carbons (Fsp3) is 0.667. The zero-order chi connectivity index (χ0) is 13.0. The van der Waals surface area contributed by atoms with Gasteiger partial charge < -0.3 is 16.0 Å². The van der Waals surface area contributed by atoms with E-state index in [-0.39, 0.29) is 5.91 Å². The van der Waals surface area contributed by atoms with E-state index in [0.717, 1.165) is 25.3 Å². The molecule has 0 bridgehead atoms. The predicted octanol–water partition coefficient (Wildman–Crippen LogP) is 0.726. The maximum atomic E-state index is 11.7. The first kappa shape index (κ1) is 13.3. The summed E-state index contributed by atoms with van der Waals surface area (Å²) in [7, 11) is 2.14. The molecule has 0 atom stereocenters. The first-order chi connectivity index (χ1) is 8.63. The number of likely N-dealkylation sites (tertiary alicyclic amines) is 1. The lowest BCUT2D eigenvalue weighted by Gasteiger charge is -2.28. The number of carbonyl (C=O) groups excluding carboxylic acids is 1. The van der Waals surface area contributed by atoms with Crippen LogP contribution in [-0.4, -0.2) is 42.5 Å². The number of nitrogens with zero attached hydrogens (tertiary/aromatic N) is 2. The molecule has 3 N–H and O–H groups in total. The van der Waals surface area contributed by atoms with E-state index < -0.39 is 0 Å². The van der Waals surface area contributed by atoms with E-state index in [2.05, 4.69) is 22.2 Å². The van der Waals surface area contributed by atoms with Crippen molar-refractivity contribution in [2.75, 3.05) is 32.4 Å². The van der Waals surface area contributed by atoms with Crippen LogP contribution >= 0.6 is 11.3 Å². The van der Waals surface area contributed by atoms with Crippen molar-refractivity contribution < 1.29 is 4.79 Å². The average molecular weight is 268 g/mol. The van der Waals surface area contributed by atoms with Crippen LogP contribution in [0.25, 0.3) is 0 Å². The number of anilines is 1. The molecular formula is C12H20N4OS. The average Bonchev–Trinajstić information content (AvgIpc) is 2.74. The van der Waals surface area contributed by atoms with Crippen LogP contribution in [0, 0.1) is 5.92 Å². The largest absolute Gasteiger partial charge is 0.375 e. The number of thiazole rings is 1. The summed E-state index contributed by atoms with van der Waals surface area (Å²) in [6.07, 6.45) is 2.67. The summed E-state index contributed by atoms with van der Waals surface area (Å²) in [5, 5.41) is 5.35. The monoisotopic (exact) mass is 268 g/mol. The first-order valence-electron chi connectivity index (χ1n) is 6.28. The van der Waals surface area contributed by atoms with Gasteiger partial charge in [-0.15, -0.1) is 11.3 Å². The van der Waals surface area contributed by atoms with Crippen LogP contribution in [-0.2, 0) is 11.2 Å². The molecule has 0 spiro atoms. The molecular weight excluding hydrogens is 248 g/mol. The second kappa shape index (κ2) is 6.15. The molecule has 0 aromatic carbocycles. The van der Waals surface area contributed by atoms with Crippen molar-refractivity contribution in [2.45, 2.75) is 19.3 Å². The number of aromatic nitrogens is 1. The maximum absolute atomic E-state index is 11.7. The first-order valence-corrected chi connectivity index (χ1v) is 7.16. The minimum atomic E-state index is 0.0410. The Morgan fingerprint density at radius 3 is 2.94 bits per heavy atom. The summed E-state index contributed by atoms with van der Waals surface area (Å²) in [6.45, 7) is 3.04. The van der Waals surface area contributed by atoms with E-state index in [4.69, 9.17) is 5.73 Å². The van der Waals surface area contributed by atoms with Gasteiger partial charge in [-0.2, -0.15) is 0 Å². The Morgan fingerprint density at radius 1 is 1.61 bits per heavy atom. The third kappa shape index (κ3) is 3.96. The van der Waals surface area contributed by atoms with E-state index in [1.807, 2.05) is 5.38 Å². The van der Waals surface area contributed by atoms with Gasteiger partial charge in [-0.25, -0.2) is 4.98 Å². The molecule has 1 fully saturated rings. The Kier molecular flexibility index (Phi) is 4.54. The topological polar surface area (TPSA) is 71.2 Å². The molecule has 1 aromatic rings. The third-order valence-corrected chi connectivity index (χ3v) is 4.06. The van der Waals surface area contributed by atoms with Gasteiger partial charge in [0.2, 0.25) is 5.91 Å². The van der Waals surface area contributed by atoms with E-state index >= 15 is 0 Å². The molecule has 0 radical (unpaired) electrons. The lowest BCUT2D eigenvalue weighted by molar-refractivity contribution is -0.120. The quantitative estimate of drug-likeness (QED) is 0.844. The van der Waals surface area contributed by atoms with Crippen LogP contribution in [0.2, 0.25) is 0 Å². The van der Waals surface area contributed by atoms with Crippen molar-refractivity contribution in [3.05, 3.63) is 11.1 Å². The van der Waals surface area contributed by atoms with Crippen molar-refractivity contribution in [1.82, 2.24) is 15.2 Å². The van der Waals surface area contributed by atoms with Gasteiger partial charge in [-0.3, -0.25) is 4.79 Å². The summed E-state index contributed by atoms with van der Waals surface area (Å²) in [5.41, 5.74) is 6.29. The zero-order valence-electron chi connectivity index (χ0n) is 10.7. The number of hydrogen-bond acceptors (Lipinski definition) is 5. The minimum Gasteiger partial charge on any atom is -0.375 e. The summed E-state index contributed by atoms with van der Waals surface area (Å²) in [4.78, 5) is 18.1. The molecule has 5 nitrogen and oxygen atoms in total. The highest BCUT2D eigenvalue weighted by Gasteiger charge is 2.17.